The van der Waals surface area contributed by atoms with E-state index >= 15 is 0 Å². The molecule has 1 aliphatic rings. The van der Waals surface area contributed by atoms with Gasteiger partial charge in [0.1, 0.15) is 4.99 Å². The highest BCUT2D eigenvalue weighted by Crippen LogP contribution is 2.48. The van der Waals surface area contributed by atoms with E-state index in [0.717, 1.165) is 19.3 Å². The zero-order valence-corrected chi connectivity index (χ0v) is 12.5. The highest BCUT2D eigenvalue weighted by molar-refractivity contribution is 7.89. The Morgan fingerprint density at radius 2 is 2.16 bits per heavy atom. The first-order chi connectivity index (χ1) is 8.88. The van der Waals surface area contributed by atoms with Crippen LogP contribution in [-0.2, 0) is 10.0 Å². The average Bonchev–Trinajstić information content (AvgIpc) is 3.17. The van der Waals surface area contributed by atoms with Gasteiger partial charge in [-0.05, 0) is 36.8 Å². The topological polar surface area (TPSA) is 72.2 Å². The summed E-state index contributed by atoms with van der Waals surface area (Å²) >= 11 is 4.86. The van der Waals surface area contributed by atoms with E-state index in [-0.39, 0.29) is 15.3 Å². The molecule has 1 fully saturated rings. The fourth-order valence-corrected chi connectivity index (χ4v) is 3.31. The molecule has 1 aromatic rings. The van der Waals surface area contributed by atoms with Crippen LogP contribution in [0.4, 0.5) is 0 Å². The Labute approximate surface area is 119 Å². The second-order valence-electron chi connectivity index (χ2n) is 5.07. The molecule has 104 valence electrons. The maximum atomic E-state index is 12.2. The van der Waals surface area contributed by atoms with E-state index in [1.165, 1.54) is 6.07 Å². The van der Waals surface area contributed by atoms with E-state index in [2.05, 4.69) is 11.6 Å². The minimum atomic E-state index is -3.48. The number of rotatable bonds is 6. The molecule has 19 heavy (non-hydrogen) atoms. The minimum Gasteiger partial charge on any atom is -0.389 e. The first-order valence-corrected chi connectivity index (χ1v) is 8.17. The summed E-state index contributed by atoms with van der Waals surface area (Å²) in [5.74, 6) is 0. The number of nitrogens with two attached hydrogens (primary N) is 1. The summed E-state index contributed by atoms with van der Waals surface area (Å²) in [6, 6.07) is 6.41. The van der Waals surface area contributed by atoms with E-state index in [1.54, 1.807) is 18.2 Å². The van der Waals surface area contributed by atoms with Gasteiger partial charge in [0.2, 0.25) is 10.0 Å². The van der Waals surface area contributed by atoms with Crippen LogP contribution < -0.4 is 10.5 Å². The molecule has 3 N–H and O–H groups in total. The molecular formula is C13H18N2O2S2. The number of hydrogen-bond acceptors (Lipinski definition) is 3. The zero-order chi connectivity index (χ0) is 14.1. The number of sulfonamides is 1. The Kier molecular flexibility index (Phi) is 3.94. The van der Waals surface area contributed by atoms with Crippen molar-refractivity contribution in [1.82, 2.24) is 4.72 Å². The van der Waals surface area contributed by atoms with Crippen molar-refractivity contribution >= 4 is 27.2 Å². The molecule has 0 aromatic heterocycles. The normalized spacial score (nSPS) is 17.1. The lowest BCUT2D eigenvalue weighted by Gasteiger charge is -2.14. The van der Waals surface area contributed by atoms with Crippen LogP contribution in [0.1, 0.15) is 31.7 Å². The number of nitrogens with one attached hydrogen (secondary N) is 1. The van der Waals surface area contributed by atoms with E-state index < -0.39 is 10.0 Å². The third-order valence-electron chi connectivity index (χ3n) is 3.77. The van der Waals surface area contributed by atoms with Gasteiger partial charge in [0.25, 0.3) is 0 Å². The SMILES string of the molecule is CCC1(CNS(=O)(=O)c2cccc(C(N)=S)c2)CC1. The van der Waals surface area contributed by atoms with Gasteiger partial charge in [-0.1, -0.05) is 31.3 Å². The molecule has 1 aromatic carbocycles. The molecule has 0 aliphatic heterocycles. The van der Waals surface area contributed by atoms with Gasteiger partial charge < -0.3 is 5.73 Å². The monoisotopic (exact) mass is 298 g/mol. The molecule has 0 heterocycles. The van der Waals surface area contributed by atoms with Crippen molar-refractivity contribution in [2.24, 2.45) is 11.1 Å². The maximum Gasteiger partial charge on any atom is 0.240 e. The quantitative estimate of drug-likeness (QED) is 0.785. The molecule has 0 amide bonds. The Balaban J connectivity index is 2.15. The number of thiocarbonyl (C=S) groups is 1. The van der Waals surface area contributed by atoms with Gasteiger partial charge in [-0.2, -0.15) is 0 Å². The summed E-state index contributed by atoms with van der Waals surface area (Å²) in [4.78, 5) is 0.411. The molecule has 0 atom stereocenters. The van der Waals surface area contributed by atoms with Gasteiger partial charge in [-0.3, -0.25) is 0 Å². The molecule has 0 bridgehead atoms. The van der Waals surface area contributed by atoms with E-state index in [1.807, 2.05) is 0 Å². The third-order valence-corrected chi connectivity index (χ3v) is 5.41. The van der Waals surface area contributed by atoms with Crippen LogP contribution in [0.2, 0.25) is 0 Å². The van der Waals surface area contributed by atoms with Crippen molar-refractivity contribution in [3.05, 3.63) is 29.8 Å². The zero-order valence-electron chi connectivity index (χ0n) is 10.8. The van der Waals surface area contributed by atoms with E-state index in [4.69, 9.17) is 18.0 Å². The summed E-state index contributed by atoms with van der Waals surface area (Å²) in [6.07, 6.45) is 3.19. The predicted octanol–water partition coefficient (Wildman–Crippen LogP) is 1.79. The van der Waals surface area contributed by atoms with Crippen LogP contribution in [0, 0.1) is 5.41 Å². The van der Waals surface area contributed by atoms with E-state index in [0.29, 0.717) is 12.1 Å². The Morgan fingerprint density at radius 1 is 1.47 bits per heavy atom. The van der Waals surface area contributed by atoms with Crippen molar-refractivity contribution in [3.63, 3.8) is 0 Å². The van der Waals surface area contributed by atoms with E-state index in [9.17, 15) is 8.42 Å². The van der Waals surface area contributed by atoms with Crippen molar-refractivity contribution < 1.29 is 8.42 Å². The van der Waals surface area contributed by atoms with Crippen molar-refractivity contribution in [3.8, 4) is 0 Å². The van der Waals surface area contributed by atoms with Crippen LogP contribution in [0.5, 0.6) is 0 Å². The third kappa shape index (κ3) is 3.32. The lowest BCUT2D eigenvalue weighted by atomic mass is 10.1. The molecule has 0 radical (unpaired) electrons. The standard InChI is InChI=1S/C13H18N2O2S2/c1-2-13(6-7-13)9-15-19(16,17)11-5-3-4-10(8-11)12(14)18/h3-5,8,15H,2,6-7,9H2,1H3,(H2,14,18). The Hall–Kier alpha value is -0.980. The smallest absolute Gasteiger partial charge is 0.240 e. The summed E-state index contributed by atoms with van der Waals surface area (Å²) in [6.45, 7) is 2.60. The molecule has 6 heteroatoms. The average molecular weight is 298 g/mol. The van der Waals surface area contributed by atoms with Crippen LogP contribution in [0.25, 0.3) is 0 Å². The summed E-state index contributed by atoms with van der Waals surface area (Å²) < 4.78 is 27.1. The largest absolute Gasteiger partial charge is 0.389 e. The predicted molar refractivity (Wildman–Crippen MR) is 79.5 cm³/mol. The second-order valence-corrected chi connectivity index (χ2v) is 7.28. The van der Waals surface area contributed by atoms with Gasteiger partial charge in [0, 0.05) is 12.1 Å². The lowest BCUT2D eigenvalue weighted by Crippen LogP contribution is -2.30. The van der Waals surface area contributed by atoms with Crippen molar-refractivity contribution in [2.45, 2.75) is 31.1 Å². The van der Waals surface area contributed by atoms with Gasteiger partial charge in [0.15, 0.2) is 0 Å². The fourth-order valence-electron chi connectivity index (χ4n) is 1.98. The van der Waals surface area contributed by atoms with Crippen LogP contribution in [-0.4, -0.2) is 20.0 Å². The van der Waals surface area contributed by atoms with Gasteiger partial charge in [-0.25, -0.2) is 13.1 Å². The highest BCUT2D eigenvalue weighted by atomic mass is 32.2. The van der Waals surface area contributed by atoms with Crippen LogP contribution in [0.15, 0.2) is 29.2 Å². The van der Waals surface area contributed by atoms with Crippen LogP contribution >= 0.6 is 12.2 Å². The summed E-state index contributed by atoms with van der Waals surface area (Å²) in [5, 5.41) is 0. The van der Waals surface area contributed by atoms with Gasteiger partial charge in [-0.15, -0.1) is 0 Å². The van der Waals surface area contributed by atoms with Gasteiger partial charge in [0.05, 0.1) is 4.90 Å². The van der Waals surface area contributed by atoms with Crippen molar-refractivity contribution in [1.29, 1.82) is 0 Å². The summed E-state index contributed by atoms with van der Waals surface area (Å²) in [7, 11) is -3.48. The number of hydrogen-bond donors (Lipinski definition) is 2. The highest BCUT2D eigenvalue weighted by Gasteiger charge is 2.41. The second kappa shape index (κ2) is 5.19. The maximum absolute atomic E-state index is 12.2. The molecule has 0 saturated heterocycles. The fraction of sp³-hybridized carbons (Fsp3) is 0.462. The first kappa shape index (κ1) is 14.4. The molecule has 1 saturated carbocycles. The molecule has 0 spiro atoms. The molecular weight excluding hydrogens is 280 g/mol. The molecule has 2 rings (SSSR count). The molecule has 1 aliphatic carbocycles. The first-order valence-electron chi connectivity index (χ1n) is 6.28. The number of benzene rings is 1. The molecule has 4 nitrogen and oxygen atoms in total. The Morgan fingerprint density at radius 3 is 2.68 bits per heavy atom. The lowest BCUT2D eigenvalue weighted by molar-refractivity contribution is 0.475. The Bertz CT molecular complexity index is 592. The summed E-state index contributed by atoms with van der Waals surface area (Å²) in [5.41, 5.74) is 6.26. The van der Waals surface area contributed by atoms with Crippen LogP contribution in [0.3, 0.4) is 0 Å². The molecule has 0 unspecified atom stereocenters. The van der Waals surface area contributed by atoms with Gasteiger partial charge >= 0.3 is 0 Å². The minimum absolute atomic E-state index is 0.174. The van der Waals surface area contributed by atoms with Crippen molar-refractivity contribution in [2.75, 3.05) is 6.54 Å².